The Bertz CT molecular complexity index is 628. The number of amides is 2. The van der Waals surface area contributed by atoms with Gasteiger partial charge in [0.1, 0.15) is 5.71 Å². The van der Waals surface area contributed by atoms with E-state index in [1.807, 2.05) is 0 Å². The van der Waals surface area contributed by atoms with Crippen molar-refractivity contribution in [2.24, 2.45) is 16.1 Å². The SMILES string of the molecule is CC1C(=O)NN=C1C(=O)NN=Cc1ccc(Cl)cc1Cl. The summed E-state index contributed by atoms with van der Waals surface area (Å²) < 4.78 is 0. The van der Waals surface area contributed by atoms with E-state index in [1.165, 1.54) is 6.21 Å². The standard InChI is InChI=1S/C12H10Cl2N4O2/c1-6-10(16-18-11(6)19)12(20)17-15-5-7-2-3-8(13)4-9(7)14/h2-6H,1H3,(H,17,20)(H,18,19). The molecular formula is C12H10Cl2N4O2. The van der Waals surface area contributed by atoms with E-state index in [9.17, 15) is 9.59 Å². The van der Waals surface area contributed by atoms with Crippen LogP contribution in [-0.2, 0) is 9.59 Å². The fourth-order valence-electron chi connectivity index (χ4n) is 1.50. The van der Waals surface area contributed by atoms with E-state index in [4.69, 9.17) is 23.2 Å². The molecule has 104 valence electrons. The van der Waals surface area contributed by atoms with Gasteiger partial charge in [-0.1, -0.05) is 29.3 Å². The maximum absolute atomic E-state index is 11.7. The first-order valence-electron chi connectivity index (χ1n) is 5.65. The first-order valence-corrected chi connectivity index (χ1v) is 6.40. The monoisotopic (exact) mass is 312 g/mol. The van der Waals surface area contributed by atoms with Crippen LogP contribution in [0.2, 0.25) is 10.0 Å². The molecular weight excluding hydrogens is 303 g/mol. The molecule has 2 amide bonds. The van der Waals surface area contributed by atoms with E-state index >= 15 is 0 Å². The number of carbonyl (C=O) groups is 2. The molecule has 1 atom stereocenters. The van der Waals surface area contributed by atoms with E-state index in [2.05, 4.69) is 21.1 Å². The van der Waals surface area contributed by atoms with Gasteiger partial charge in [0.2, 0.25) is 5.91 Å². The summed E-state index contributed by atoms with van der Waals surface area (Å²) in [5.74, 6) is -1.46. The largest absolute Gasteiger partial charge is 0.288 e. The van der Waals surface area contributed by atoms with Crippen LogP contribution >= 0.6 is 23.2 Å². The number of rotatable bonds is 3. The Kier molecular flexibility index (Phi) is 4.36. The minimum Gasteiger partial charge on any atom is -0.272 e. The number of halogens is 2. The molecule has 8 heteroatoms. The normalized spacial score (nSPS) is 18.1. The number of hydrogen-bond donors (Lipinski definition) is 2. The molecule has 20 heavy (non-hydrogen) atoms. The molecule has 1 unspecified atom stereocenters. The highest BCUT2D eigenvalue weighted by Gasteiger charge is 2.30. The molecule has 1 heterocycles. The second-order valence-corrected chi connectivity index (χ2v) is 4.90. The van der Waals surface area contributed by atoms with E-state index in [0.717, 1.165) is 0 Å². The summed E-state index contributed by atoms with van der Waals surface area (Å²) in [6.45, 7) is 1.58. The van der Waals surface area contributed by atoms with Gasteiger partial charge in [0.15, 0.2) is 0 Å². The number of carbonyl (C=O) groups excluding carboxylic acids is 2. The van der Waals surface area contributed by atoms with Crippen molar-refractivity contribution in [1.29, 1.82) is 0 Å². The van der Waals surface area contributed by atoms with Gasteiger partial charge in [-0.25, -0.2) is 10.9 Å². The van der Waals surface area contributed by atoms with Gasteiger partial charge >= 0.3 is 0 Å². The number of hydrazone groups is 2. The van der Waals surface area contributed by atoms with Crippen LogP contribution in [0.1, 0.15) is 12.5 Å². The Morgan fingerprint density at radius 3 is 2.85 bits per heavy atom. The third kappa shape index (κ3) is 3.15. The first kappa shape index (κ1) is 14.5. The zero-order valence-corrected chi connectivity index (χ0v) is 11.9. The van der Waals surface area contributed by atoms with Crippen molar-refractivity contribution in [3.63, 3.8) is 0 Å². The summed E-state index contributed by atoms with van der Waals surface area (Å²) in [5, 5.41) is 8.33. The second kappa shape index (κ2) is 6.02. The van der Waals surface area contributed by atoms with Crippen LogP contribution in [-0.4, -0.2) is 23.7 Å². The van der Waals surface area contributed by atoms with Crippen molar-refractivity contribution in [2.75, 3.05) is 0 Å². The minimum atomic E-state index is -0.593. The molecule has 0 bridgehead atoms. The lowest BCUT2D eigenvalue weighted by atomic mass is 10.1. The summed E-state index contributed by atoms with van der Waals surface area (Å²) in [4.78, 5) is 22.9. The molecule has 1 aromatic rings. The topological polar surface area (TPSA) is 82.9 Å². The number of benzene rings is 1. The van der Waals surface area contributed by atoms with Crippen LogP contribution in [0.15, 0.2) is 28.4 Å². The molecule has 1 aromatic carbocycles. The maximum atomic E-state index is 11.7. The minimum absolute atomic E-state index is 0.0920. The van der Waals surface area contributed by atoms with Gasteiger partial charge in [-0.15, -0.1) is 0 Å². The van der Waals surface area contributed by atoms with E-state index in [-0.39, 0.29) is 11.6 Å². The number of nitrogens with zero attached hydrogens (tertiary/aromatic N) is 2. The Balaban J connectivity index is 2.00. The summed E-state index contributed by atoms with van der Waals surface area (Å²) in [6, 6.07) is 4.89. The van der Waals surface area contributed by atoms with Crippen LogP contribution < -0.4 is 10.9 Å². The molecule has 0 aliphatic carbocycles. The van der Waals surface area contributed by atoms with E-state index < -0.39 is 11.8 Å². The summed E-state index contributed by atoms with van der Waals surface area (Å²) in [5.41, 5.74) is 5.20. The van der Waals surface area contributed by atoms with E-state index in [0.29, 0.717) is 15.6 Å². The Labute approximate surface area is 124 Å². The molecule has 0 aromatic heterocycles. The van der Waals surface area contributed by atoms with E-state index in [1.54, 1.807) is 25.1 Å². The Morgan fingerprint density at radius 1 is 1.50 bits per heavy atom. The molecule has 0 spiro atoms. The molecule has 6 nitrogen and oxygen atoms in total. The third-order valence-corrected chi connectivity index (χ3v) is 3.22. The first-order chi connectivity index (χ1) is 9.49. The van der Waals surface area contributed by atoms with Gasteiger partial charge in [-0.05, 0) is 19.1 Å². The molecule has 0 saturated heterocycles. The predicted octanol–water partition coefficient (Wildman–Crippen LogP) is 1.57. The van der Waals surface area contributed by atoms with Crippen LogP contribution in [0.25, 0.3) is 0 Å². The number of nitrogens with one attached hydrogen (secondary N) is 2. The Hall–Kier alpha value is -1.92. The smallest absolute Gasteiger partial charge is 0.272 e. The van der Waals surface area contributed by atoms with Gasteiger partial charge in [-0.2, -0.15) is 10.2 Å². The lowest BCUT2D eigenvalue weighted by Crippen LogP contribution is -2.32. The molecule has 0 fully saturated rings. The van der Waals surface area contributed by atoms with Gasteiger partial charge in [0, 0.05) is 10.6 Å². The third-order valence-electron chi connectivity index (χ3n) is 2.65. The lowest BCUT2D eigenvalue weighted by Gasteiger charge is -2.02. The van der Waals surface area contributed by atoms with Crippen molar-refractivity contribution in [2.45, 2.75) is 6.92 Å². The summed E-state index contributed by atoms with van der Waals surface area (Å²) in [6.07, 6.45) is 1.38. The highest BCUT2D eigenvalue weighted by Crippen LogP contribution is 2.19. The van der Waals surface area contributed by atoms with Crippen LogP contribution in [0.3, 0.4) is 0 Å². The van der Waals surface area contributed by atoms with Crippen LogP contribution in [0, 0.1) is 5.92 Å². The highest BCUT2D eigenvalue weighted by atomic mass is 35.5. The predicted molar refractivity (Wildman–Crippen MR) is 76.9 cm³/mol. The lowest BCUT2D eigenvalue weighted by molar-refractivity contribution is -0.122. The van der Waals surface area contributed by atoms with Crippen molar-refractivity contribution in [3.05, 3.63) is 33.8 Å². The molecule has 2 N–H and O–H groups in total. The van der Waals surface area contributed by atoms with Gasteiger partial charge in [-0.3, -0.25) is 9.59 Å². The molecule has 1 aliphatic rings. The number of hydrogen-bond acceptors (Lipinski definition) is 4. The quantitative estimate of drug-likeness (QED) is 0.656. The van der Waals surface area contributed by atoms with Crippen molar-refractivity contribution < 1.29 is 9.59 Å². The van der Waals surface area contributed by atoms with Crippen molar-refractivity contribution in [1.82, 2.24) is 10.9 Å². The van der Waals surface area contributed by atoms with Crippen LogP contribution in [0.5, 0.6) is 0 Å². The van der Waals surface area contributed by atoms with Crippen molar-refractivity contribution >= 4 is 46.9 Å². The fourth-order valence-corrected chi connectivity index (χ4v) is 1.96. The molecule has 0 saturated carbocycles. The average Bonchev–Trinajstić information content (AvgIpc) is 2.72. The maximum Gasteiger partial charge on any atom is 0.288 e. The Morgan fingerprint density at radius 2 is 2.25 bits per heavy atom. The van der Waals surface area contributed by atoms with Crippen molar-refractivity contribution in [3.8, 4) is 0 Å². The fraction of sp³-hybridized carbons (Fsp3) is 0.167. The molecule has 2 rings (SSSR count). The second-order valence-electron chi connectivity index (χ2n) is 4.06. The summed E-state index contributed by atoms with van der Waals surface area (Å²) in [7, 11) is 0. The molecule has 0 radical (unpaired) electrons. The molecule has 1 aliphatic heterocycles. The van der Waals surface area contributed by atoms with Gasteiger partial charge < -0.3 is 0 Å². The highest BCUT2D eigenvalue weighted by molar-refractivity contribution is 6.44. The zero-order valence-electron chi connectivity index (χ0n) is 10.4. The van der Waals surface area contributed by atoms with Gasteiger partial charge in [0.05, 0.1) is 17.2 Å². The van der Waals surface area contributed by atoms with Gasteiger partial charge in [0.25, 0.3) is 5.91 Å². The summed E-state index contributed by atoms with van der Waals surface area (Å²) >= 11 is 11.7. The average molecular weight is 313 g/mol. The zero-order chi connectivity index (χ0) is 14.7. The van der Waals surface area contributed by atoms with Crippen LogP contribution in [0.4, 0.5) is 0 Å².